The van der Waals surface area contributed by atoms with Gasteiger partial charge in [-0.3, -0.25) is 4.79 Å². The maximum Gasteiger partial charge on any atom is 0.244 e. The average molecular weight is 459 g/mol. The molecule has 1 aromatic rings. The van der Waals surface area contributed by atoms with Crippen molar-refractivity contribution in [3.8, 4) is 0 Å². The number of carbonyl (C=O) groups is 1. The summed E-state index contributed by atoms with van der Waals surface area (Å²) in [6, 6.07) is 5.94. The molecule has 1 amide bonds. The van der Waals surface area contributed by atoms with E-state index in [1.165, 1.54) is 6.08 Å². The number of nitrogens with one attached hydrogen (secondary N) is 1. The van der Waals surface area contributed by atoms with Crippen LogP contribution in [0, 0.1) is 11.8 Å². The SMILES string of the molecule is CC(C)C(C)NC(=O)/C=C/C=C/C1C(F)C1c1ccc(Br)c(Br)c1. The lowest BCUT2D eigenvalue weighted by Crippen LogP contribution is -2.34. The van der Waals surface area contributed by atoms with Crippen molar-refractivity contribution in [2.24, 2.45) is 11.8 Å². The minimum absolute atomic E-state index is 0.103. The van der Waals surface area contributed by atoms with Gasteiger partial charge in [0.15, 0.2) is 0 Å². The molecule has 5 heteroatoms. The maximum atomic E-state index is 14.0. The highest BCUT2D eigenvalue weighted by atomic mass is 79.9. The molecule has 2 nitrogen and oxygen atoms in total. The van der Waals surface area contributed by atoms with E-state index in [4.69, 9.17) is 0 Å². The lowest BCUT2D eigenvalue weighted by molar-refractivity contribution is -0.117. The molecule has 0 aliphatic heterocycles. The van der Waals surface area contributed by atoms with Crippen LogP contribution in [0.25, 0.3) is 0 Å². The van der Waals surface area contributed by atoms with Gasteiger partial charge in [0.2, 0.25) is 5.91 Å². The largest absolute Gasteiger partial charge is 0.350 e. The topological polar surface area (TPSA) is 29.1 Å². The van der Waals surface area contributed by atoms with Crippen molar-refractivity contribution in [1.82, 2.24) is 5.32 Å². The van der Waals surface area contributed by atoms with E-state index in [9.17, 15) is 9.18 Å². The predicted molar refractivity (Wildman–Crippen MR) is 104 cm³/mol. The molecule has 1 fully saturated rings. The maximum absolute atomic E-state index is 14.0. The summed E-state index contributed by atoms with van der Waals surface area (Å²) in [4.78, 5) is 11.7. The van der Waals surface area contributed by atoms with Crippen LogP contribution in [0.2, 0.25) is 0 Å². The van der Waals surface area contributed by atoms with E-state index < -0.39 is 6.17 Å². The first-order valence-electron chi connectivity index (χ1n) is 8.05. The molecular formula is C19H22Br2FNO. The van der Waals surface area contributed by atoms with Crippen molar-refractivity contribution in [3.05, 3.63) is 57.0 Å². The summed E-state index contributed by atoms with van der Waals surface area (Å²) < 4.78 is 15.9. The second-order valence-electron chi connectivity index (χ2n) is 6.51. The first kappa shape index (κ1) is 19.4. The van der Waals surface area contributed by atoms with Crippen LogP contribution in [0.5, 0.6) is 0 Å². The minimum atomic E-state index is -0.863. The van der Waals surface area contributed by atoms with E-state index in [0.717, 1.165) is 14.5 Å². The molecule has 1 saturated carbocycles. The summed E-state index contributed by atoms with van der Waals surface area (Å²) in [7, 11) is 0. The Kier molecular flexibility index (Phi) is 6.81. The zero-order chi connectivity index (χ0) is 17.9. The monoisotopic (exact) mass is 457 g/mol. The summed E-state index contributed by atoms with van der Waals surface area (Å²) >= 11 is 6.87. The van der Waals surface area contributed by atoms with Gasteiger partial charge in [-0.15, -0.1) is 0 Å². The molecule has 1 aliphatic carbocycles. The Morgan fingerprint density at radius 1 is 1.21 bits per heavy atom. The molecule has 4 atom stereocenters. The van der Waals surface area contributed by atoms with E-state index >= 15 is 0 Å². The second kappa shape index (κ2) is 8.43. The molecule has 0 aromatic heterocycles. The van der Waals surface area contributed by atoms with Crippen molar-refractivity contribution in [3.63, 3.8) is 0 Å². The van der Waals surface area contributed by atoms with Crippen molar-refractivity contribution in [1.29, 1.82) is 0 Å². The van der Waals surface area contributed by atoms with Crippen molar-refractivity contribution in [2.75, 3.05) is 0 Å². The summed E-state index contributed by atoms with van der Waals surface area (Å²) in [6.45, 7) is 6.10. The Morgan fingerprint density at radius 3 is 2.54 bits per heavy atom. The molecule has 130 valence electrons. The third kappa shape index (κ3) is 5.03. The summed E-state index contributed by atoms with van der Waals surface area (Å²) in [5.74, 6) is 0.0405. The lowest BCUT2D eigenvalue weighted by atomic mass is 10.1. The fourth-order valence-corrected chi connectivity index (χ4v) is 3.06. The third-order valence-electron chi connectivity index (χ3n) is 4.38. The van der Waals surface area contributed by atoms with Gasteiger partial charge in [0.05, 0.1) is 0 Å². The highest BCUT2D eigenvalue weighted by Gasteiger charge is 2.50. The third-order valence-corrected chi connectivity index (χ3v) is 6.25. The van der Waals surface area contributed by atoms with Crippen LogP contribution in [-0.2, 0) is 4.79 Å². The number of rotatable bonds is 6. The van der Waals surface area contributed by atoms with Crippen LogP contribution in [0.1, 0.15) is 32.3 Å². The summed E-state index contributed by atoms with van der Waals surface area (Å²) in [5.41, 5.74) is 0.986. The van der Waals surface area contributed by atoms with Crippen molar-refractivity contribution in [2.45, 2.75) is 38.9 Å². The zero-order valence-corrected chi connectivity index (χ0v) is 17.1. The van der Waals surface area contributed by atoms with Crippen LogP contribution in [0.15, 0.2) is 51.4 Å². The Morgan fingerprint density at radius 2 is 1.92 bits per heavy atom. The van der Waals surface area contributed by atoms with Gasteiger partial charge in [-0.2, -0.15) is 0 Å². The number of carbonyl (C=O) groups excluding carboxylic acids is 1. The van der Waals surface area contributed by atoms with E-state index in [0.29, 0.717) is 5.92 Å². The standard InChI is InChI=1S/C19H22Br2FNO/c1-11(2)12(3)23-17(24)7-5-4-6-14-18(19(14)22)13-8-9-15(20)16(21)10-13/h4-12,14,18-19H,1-3H3,(H,23,24)/b6-4+,7-5+. The average Bonchev–Trinajstić information content (AvgIpc) is 3.16. The van der Waals surface area contributed by atoms with Gasteiger partial charge < -0.3 is 5.32 Å². The minimum Gasteiger partial charge on any atom is -0.350 e. The van der Waals surface area contributed by atoms with E-state index in [2.05, 4.69) is 51.0 Å². The van der Waals surface area contributed by atoms with Gasteiger partial charge in [0.1, 0.15) is 6.17 Å². The fraction of sp³-hybridized carbons (Fsp3) is 0.421. The first-order chi connectivity index (χ1) is 11.3. The van der Waals surface area contributed by atoms with Gasteiger partial charge >= 0.3 is 0 Å². The number of allylic oxidation sites excluding steroid dienone is 3. The smallest absolute Gasteiger partial charge is 0.244 e. The molecular weight excluding hydrogens is 437 g/mol. The highest BCUT2D eigenvalue weighted by Crippen LogP contribution is 2.51. The van der Waals surface area contributed by atoms with Crippen LogP contribution in [0.3, 0.4) is 0 Å². The summed E-state index contributed by atoms with van der Waals surface area (Å²) in [6.07, 6.45) is 5.88. The molecule has 0 heterocycles. The Bertz CT molecular complexity index is 657. The first-order valence-corrected chi connectivity index (χ1v) is 9.64. The van der Waals surface area contributed by atoms with E-state index in [1.807, 2.05) is 31.2 Å². The molecule has 1 aromatic carbocycles. The predicted octanol–water partition coefficient (Wildman–Crippen LogP) is 5.54. The number of hydrogen-bond acceptors (Lipinski definition) is 1. The number of amides is 1. The molecule has 0 radical (unpaired) electrons. The molecule has 1 aliphatic rings. The van der Waals surface area contributed by atoms with Crippen molar-refractivity contribution >= 4 is 37.8 Å². The molecule has 1 N–H and O–H groups in total. The molecule has 2 rings (SSSR count). The number of alkyl halides is 1. The molecule has 0 bridgehead atoms. The Labute approximate surface area is 159 Å². The van der Waals surface area contributed by atoms with Crippen LogP contribution >= 0.6 is 31.9 Å². The fourth-order valence-electron chi connectivity index (χ4n) is 2.42. The highest BCUT2D eigenvalue weighted by molar-refractivity contribution is 9.13. The lowest BCUT2D eigenvalue weighted by Gasteiger charge is -2.15. The Hall–Kier alpha value is -0.940. The van der Waals surface area contributed by atoms with Crippen molar-refractivity contribution < 1.29 is 9.18 Å². The van der Waals surface area contributed by atoms with Crippen LogP contribution in [0.4, 0.5) is 4.39 Å². The zero-order valence-electron chi connectivity index (χ0n) is 14.0. The van der Waals surface area contributed by atoms with Gasteiger partial charge in [0.25, 0.3) is 0 Å². The Balaban J connectivity index is 1.88. The van der Waals surface area contributed by atoms with Gasteiger partial charge in [0, 0.05) is 32.9 Å². The van der Waals surface area contributed by atoms with E-state index in [1.54, 1.807) is 12.2 Å². The van der Waals surface area contributed by atoms with Gasteiger partial charge in [-0.05, 0) is 62.4 Å². The number of halogens is 3. The van der Waals surface area contributed by atoms with Crippen LogP contribution < -0.4 is 5.32 Å². The molecule has 0 saturated heterocycles. The van der Waals surface area contributed by atoms with Gasteiger partial charge in [-0.25, -0.2) is 4.39 Å². The summed E-state index contributed by atoms with van der Waals surface area (Å²) in [5, 5.41) is 2.89. The van der Waals surface area contributed by atoms with Gasteiger partial charge in [-0.1, -0.05) is 38.1 Å². The van der Waals surface area contributed by atoms with E-state index in [-0.39, 0.29) is 23.8 Å². The number of benzene rings is 1. The molecule has 24 heavy (non-hydrogen) atoms. The van der Waals surface area contributed by atoms with Crippen LogP contribution in [-0.4, -0.2) is 18.1 Å². The normalized spacial score (nSPS) is 24.7. The number of hydrogen-bond donors (Lipinski definition) is 1. The molecule has 4 unspecified atom stereocenters. The molecule has 0 spiro atoms. The quantitative estimate of drug-likeness (QED) is 0.440. The second-order valence-corrected chi connectivity index (χ2v) is 8.22.